The lowest BCUT2D eigenvalue weighted by atomic mass is 9.60. The normalized spacial score (nSPS) is 33.3. The topological polar surface area (TPSA) is 38.0 Å². The van der Waals surface area contributed by atoms with Crippen LogP contribution in [0.25, 0.3) is 0 Å². The summed E-state index contributed by atoms with van der Waals surface area (Å²) < 4.78 is 0. The summed E-state index contributed by atoms with van der Waals surface area (Å²) in [7, 11) is 0. The molecule has 0 aromatic rings. The molecule has 0 bridgehead atoms. The van der Waals surface area contributed by atoms with Gasteiger partial charge < -0.3 is 11.1 Å². The Balaban J connectivity index is 2.69. The zero-order valence-electron chi connectivity index (χ0n) is 13.1. The van der Waals surface area contributed by atoms with Gasteiger partial charge in [-0.1, -0.05) is 34.6 Å². The Hall–Kier alpha value is -0.0800. The lowest BCUT2D eigenvalue weighted by Gasteiger charge is -2.47. The Morgan fingerprint density at radius 1 is 1.28 bits per heavy atom. The Labute approximate surface area is 114 Å². The van der Waals surface area contributed by atoms with Crippen LogP contribution in [-0.2, 0) is 0 Å². The summed E-state index contributed by atoms with van der Waals surface area (Å²) in [4.78, 5) is 0. The van der Waals surface area contributed by atoms with Crippen LogP contribution in [0.5, 0.6) is 0 Å². The van der Waals surface area contributed by atoms with Crippen molar-refractivity contribution in [1.29, 1.82) is 0 Å². The zero-order chi connectivity index (χ0) is 13.8. The van der Waals surface area contributed by atoms with Crippen LogP contribution in [0.3, 0.4) is 0 Å². The van der Waals surface area contributed by atoms with Crippen LogP contribution in [0, 0.1) is 23.2 Å². The molecule has 1 aliphatic rings. The van der Waals surface area contributed by atoms with Crippen LogP contribution in [0.4, 0.5) is 0 Å². The van der Waals surface area contributed by atoms with Gasteiger partial charge in [-0.15, -0.1) is 0 Å². The maximum absolute atomic E-state index is 6.40. The van der Waals surface area contributed by atoms with E-state index in [1.54, 1.807) is 0 Å². The maximum atomic E-state index is 6.40. The molecule has 0 spiro atoms. The highest BCUT2D eigenvalue weighted by molar-refractivity contribution is 4.93. The molecule has 0 aromatic carbocycles. The van der Waals surface area contributed by atoms with Crippen molar-refractivity contribution >= 4 is 0 Å². The Morgan fingerprint density at radius 2 is 1.94 bits per heavy atom. The van der Waals surface area contributed by atoms with Crippen molar-refractivity contribution in [3.05, 3.63) is 0 Å². The third-order valence-electron chi connectivity index (χ3n) is 4.77. The Morgan fingerprint density at radius 3 is 2.50 bits per heavy atom. The van der Waals surface area contributed by atoms with Crippen molar-refractivity contribution < 1.29 is 0 Å². The van der Waals surface area contributed by atoms with Gasteiger partial charge in [-0.05, 0) is 61.9 Å². The number of rotatable bonds is 6. The number of nitrogens with two attached hydrogens (primary N) is 1. The summed E-state index contributed by atoms with van der Waals surface area (Å²) >= 11 is 0. The third-order valence-corrected chi connectivity index (χ3v) is 4.77. The van der Waals surface area contributed by atoms with E-state index in [4.69, 9.17) is 5.73 Å². The number of hydrogen-bond acceptors (Lipinski definition) is 2. The molecule has 1 fully saturated rings. The smallest absolute Gasteiger partial charge is 0.00679 e. The van der Waals surface area contributed by atoms with E-state index < -0.39 is 0 Å². The van der Waals surface area contributed by atoms with Gasteiger partial charge in [-0.25, -0.2) is 0 Å². The molecule has 0 radical (unpaired) electrons. The highest BCUT2D eigenvalue weighted by atomic mass is 14.9. The van der Waals surface area contributed by atoms with Gasteiger partial charge in [0.2, 0.25) is 0 Å². The highest BCUT2D eigenvalue weighted by Gasteiger charge is 2.40. The molecule has 4 unspecified atom stereocenters. The predicted molar refractivity (Wildman–Crippen MR) is 80.6 cm³/mol. The van der Waals surface area contributed by atoms with Gasteiger partial charge in [0, 0.05) is 6.04 Å². The van der Waals surface area contributed by atoms with E-state index in [-0.39, 0.29) is 0 Å². The highest BCUT2D eigenvalue weighted by Crippen LogP contribution is 2.46. The first kappa shape index (κ1) is 16.0. The van der Waals surface area contributed by atoms with Crippen molar-refractivity contribution in [3.63, 3.8) is 0 Å². The first-order chi connectivity index (χ1) is 8.41. The molecule has 108 valence electrons. The molecule has 0 aliphatic heterocycles. The molecular weight excluding hydrogens is 220 g/mol. The van der Waals surface area contributed by atoms with E-state index in [0.717, 1.165) is 31.3 Å². The molecular formula is C16H34N2. The van der Waals surface area contributed by atoms with Gasteiger partial charge in [0.1, 0.15) is 0 Å². The fourth-order valence-corrected chi connectivity index (χ4v) is 3.89. The molecule has 4 atom stereocenters. The monoisotopic (exact) mass is 254 g/mol. The zero-order valence-corrected chi connectivity index (χ0v) is 13.1. The lowest BCUT2D eigenvalue weighted by Crippen LogP contribution is -2.48. The van der Waals surface area contributed by atoms with Crippen molar-refractivity contribution in [2.75, 3.05) is 13.1 Å². The van der Waals surface area contributed by atoms with Gasteiger partial charge in [-0.2, -0.15) is 0 Å². The second kappa shape index (κ2) is 6.91. The standard InChI is InChI=1S/C16H34N2/c1-6-8-18-11-14-12(3)9-16(4,5)10-13(14)15(17)7-2/h12-15,18H,6-11,17H2,1-5H3. The van der Waals surface area contributed by atoms with E-state index in [9.17, 15) is 0 Å². The van der Waals surface area contributed by atoms with Crippen molar-refractivity contribution in [2.45, 2.75) is 66.3 Å². The minimum atomic E-state index is 0.375. The van der Waals surface area contributed by atoms with Crippen LogP contribution < -0.4 is 11.1 Å². The van der Waals surface area contributed by atoms with Gasteiger partial charge >= 0.3 is 0 Å². The molecule has 0 heterocycles. The SMILES string of the molecule is CCCNCC1C(C)CC(C)(C)CC1C(N)CC. The number of nitrogens with one attached hydrogen (secondary N) is 1. The Bertz CT molecular complexity index is 237. The summed E-state index contributed by atoms with van der Waals surface area (Å²) in [5, 5.41) is 3.62. The van der Waals surface area contributed by atoms with E-state index in [1.807, 2.05) is 0 Å². The van der Waals surface area contributed by atoms with Gasteiger partial charge in [0.15, 0.2) is 0 Å². The minimum Gasteiger partial charge on any atom is -0.327 e. The average Bonchev–Trinajstić information content (AvgIpc) is 2.29. The molecule has 3 N–H and O–H groups in total. The molecule has 2 nitrogen and oxygen atoms in total. The van der Waals surface area contributed by atoms with Crippen LogP contribution in [0.1, 0.15) is 60.3 Å². The molecule has 2 heteroatoms. The average molecular weight is 254 g/mol. The summed E-state index contributed by atoms with van der Waals surface area (Å²) in [6.45, 7) is 14.0. The molecule has 0 aromatic heterocycles. The van der Waals surface area contributed by atoms with Gasteiger partial charge in [0.25, 0.3) is 0 Å². The van der Waals surface area contributed by atoms with E-state index in [1.165, 1.54) is 19.3 Å². The first-order valence-electron chi connectivity index (χ1n) is 7.87. The number of hydrogen-bond donors (Lipinski definition) is 2. The van der Waals surface area contributed by atoms with Crippen molar-refractivity contribution in [2.24, 2.45) is 28.9 Å². The van der Waals surface area contributed by atoms with Crippen molar-refractivity contribution in [3.8, 4) is 0 Å². The maximum Gasteiger partial charge on any atom is 0.00679 e. The van der Waals surface area contributed by atoms with E-state index >= 15 is 0 Å². The first-order valence-corrected chi connectivity index (χ1v) is 7.87. The molecule has 1 rings (SSSR count). The fraction of sp³-hybridized carbons (Fsp3) is 1.00. The largest absolute Gasteiger partial charge is 0.327 e. The quantitative estimate of drug-likeness (QED) is 0.713. The molecule has 18 heavy (non-hydrogen) atoms. The van der Waals surface area contributed by atoms with Crippen LogP contribution in [0.2, 0.25) is 0 Å². The molecule has 1 aliphatic carbocycles. The van der Waals surface area contributed by atoms with Gasteiger partial charge in [-0.3, -0.25) is 0 Å². The summed E-state index contributed by atoms with van der Waals surface area (Å²) in [6, 6.07) is 0.375. The molecule has 0 amide bonds. The minimum absolute atomic E-state index is 0.375. The van der Waals surface area contributed by atoms with Crippen LogP contribution >= 0.6 is 0 Å². The van der Waals surface area contributed by atoms with Crippen LogP contribution in [-0.4, -0.2) is 19.1 Å². The van der Waals surface area contributed by atoms with Gasteiger partial charge in [0.05, 0.1) is 0 Å². The Kier molecular flexibility index (Phi) is 6.13. The van der Waals surface area contributed by atoms with E-state index in [0.29, 0.717) is 17.4 Å². The fourth-order valence-electron chi connectivity index (χ4n) is 3.89. The summed E-state index contributed by atoms with van der Waals surface area (Å²) in [6.07, 6.45) is 4.97. The van der Waals surface area contributed by atoms with E-state index in [2.05, 4.69) is 39.9 Å². The predicted octanol–water partition coefficient (Wildman–Crippen LogP) is 3.41. The summed E-state index contributed by atoms with van der Waals surface area (Å²) in [5.74, 6) is 2.25. The second-order valence-corrected chi connectivity index (χ2v) is 7.15. The summed E-state index contributed by atoms with van der Waals surface area (Å²) in [5.41, 5.74) is 6.87. The third kappa shape index (κ3) is 4.24. The second-order valence-electron chi connectivity index (χ2n) is 7.15. The molecule has 0 saturated heterocycles. The van der Waals surface area contributed by atoms with Crippen molar-refractivity contribution in [1.82, 2.24) is 5.32 Å². The molecule has 1 saturated carbocycles. The lowest BCUT2D eigenvalue weighted by molar-refractivity contribution is 0.0485. The van der Waals surface area contributed by atoms with Crippen LogP contribution in [0.15, 0.2) is 0 Å².